The average Bonchev–Trinajstić information content (AvgIpc) is 2.54. The molecule has 138 valence electrons. The third-order valence-electron chi connectivity index (χ3n) is 3.06. The number of carbonyl (C=O) groups excluding carboxylic acids is 1. The number of amides is 1. The van der Waals surface area contributed by atoms with Crippen molar-refractivity contribution >= 4 is 30.7 Å². The highest BCUT2D eigenvalue weighted by molar-refractivity contribution is 5.85. The van der Waals surface area contributed by atoms with Crippen LogP contribution in [0.1, 0.15) is 18.9 Å². The largest absolute Gasteiger partial charge is 0.497 e. The van der Waals surface area contributed by atoms with E-state index in [0.29, 0.717) is 24.6 Å². The van der Waals surface area contributed by atoms with Gasteiger partial charge in [0.05, 0.1) is 7.11 Å². The third-order valence-corrected chi connectivity index (χ3v) is 3.06. The van der Waals surface area contributed by atoms with Crippen LogP contribution in [0.4, 0.5) is 0 Å². The van der Waals surface area contributed by atoms with Crippen molar-refractivity contribution < 1.29 is 14.3 Å². The zero-order valence-corrected chi connectivity index (χ0v) is 15.7. The van der Waals surface area contributed by atoms with E-state index in [2.05, 4.69) is 10.3 Å². The summed E-state index contributed by atoms with van der Waals surface area (Å²) < 4.78 is 10.8. The minimum Gasteiger partial charge on any atom is -0.497 e. The Labute approximate surface area is 159 Å². The molecule has 0 spiro atoms. The van der Waals surface area contributed by atoms with Gasteiger partial charge in [-0.25, -0.2) is 4.98 Å². The van der Waals surface area contributed by atoms with Gasteiger partial charge in [0.25, 0.3) is 0 Å². The number of ether oxygens (including phenoxy) is 2. The van der Waals surface area contributed by atoms with Gasteiger partial charge in [-0.2, -0.15) is 0 Å². The van der Waals surface area contributed by atoms with E-state index in [1.54, 1.807) is 32.4 Å². The fourth-order valence-corrected chi connectivity index (χ4v) is 1.93. The second-order valence-electron chi connectivity index (χ2n) is 5.24. The number of aromatic nitrogens is 1. The summed E-state index contributed by atoms with van der Waals surface area (Å²) in [5, 5.41) is 2.80. The molecule has 1 aromatic heterocycles. The topological polar surface area (TPSA) is 86.5 Å². The molecule has 2 rings (SSSR count). The molecular weight excluding hydrogens is 365 g/mol. The molecule has 0 aliphatic heterocycles. The molecule has 1 atom stereocenters. The minimum atomic E-state index is -0.147. The van der Waals surface area contributed by atoms with Crippen molar-refractivity contribution in [2.45, 2.75) is 25.9 Å². The molecule has 0 saturated heterocycles. The third kappa shape index (κ3) is 8.07. The lowest BCUT2D eigenvalue weighted by molar-refractivity contribution is -0.121. The maximum atomic E-state index is 11.5. The molecule has 0 aliphatic rings. The molecule has 0 saturated carbocycles. The summed E-state index contributed by atoms with van der Waals surface area (Å²) in [5.41, 5.74) is 6.47. The van der Waals surface area contributed by atoms with E-state index in [-0.39, 0.29) is 36.8 Å². The number of rotatable bonds is 7. The molecule has 1 unspecified atom stereocenters. The second-order valence-corrected chi connectivity index (χ2v) is 5.24. The summed E-state index contributed by atoms with van der Waals surface area (Å²) >= 11 is 0. The number of nitrogens with one attached hydrogen (secondary N) is 1. The molecule has 8 heteroatoms. The Bertz CT molecular complexity index is 652. The van der Waals surface area contributed by atoms with E-state index in [0.717, 1.165) is 11.3 Å². The van der Waals surface area contributed by atoms with Crippen molar-refractivity contribution in [3.05, 3.63) is 48.2 Å². The number of methoxy groups -OCH3 is 1. The van der Waals surface area contributed by atoms with E-state index < -0.39 is 0 Å². The van der Waals surface area contributed by atoms with Crippen molar-refractivity contribution in [1.29, 1.82) is 0 Å². The zero-order valence-electron chi connectivity index (χ0n) is 14.1. The number of nitrogens with two attached hydrogens (primary N) is 1. The van der Waals surface area contributed by atoms with E-state index >= 15 is 0 Å². The Kier molecular flexibility index (Phi) is 10.6. The lowest BCUT2D eigenvalue weighted by Gasteiger charge is -2.09. The highest BCUT2D eigenvalue weighted by Crippen LogP contribution is 2.23. The van der Waals surface area contributed by atoms with Crippen LogP contribution < -0.4 is 20.5 Å². The minimum absolute atomic E-state index is 0. The first-order chi connectivity index (χ1) is 11.1. The molecule has 6 nitrogen and oxygen atoms in total. The quantitative estimate of drug-likeness (QED) is 0.761. The van der Waals surface area contributed by atoms with E-state index in [9.17, 15) is 4.79 Å². The highest BCUT2D eigenvalue weighted by atomic mass is 35.5. The van der Waals surface area contributed by atoms with Crippen LogP contribution in [0.2, 0.25) is 0 Å². The maximum absolute atomic E-state index is 11.5. The maximum Gasteiger partial charge on any atom is 0.221 e. The van der Waals surface area contributed by atoms with Crippen LogP contribution in [0.5, 0.6) is 17.4 Å². The molecule has 1 aromatic carbocycles. The summed E-state index contributed by atoms with van der Waals surface area (Å²) in [7, 11) is 1.60. The Morgan fingerprint density at radius 1 is 1.24 bits per heavy atom. The van der Waals surface area contributed by atoms with Gasteiger partial charge in [0.15, 0.2) is 0 Å². The monoisotopic (exact) mass is 387 g/mol. The van der Waals surface area contributed by atoms with Crippen LogP contribution in [0.3, 0.4) is 0 Å². The van der Waals surface area contributed by atoms with Crippen LogP contribution in [-0.4, -0.2) is 24.0 Å². The first kappa shape index (κ1) is 23.0. The molecule has 0 radical (unpaired) electrons. The normalized spacial score (nSPS) is 10.7. The number of pyridine rings is 1. The fraction of sp³-hybridized carbons (Fsp3) is 0.294. The van der Waals surface area contributed by atoms with Gasteiger partial charge in [-0.15, -0.1) is 24.8 Å². The molecule has 2 aromatic rings. The Hall–Kier alpha value is -2.02. The van der Waals surface area contributed by atoms with E-state index in [1.807, 2.05) is 24.3 Å². The van der Waals surface area contributed by atoms with Crippen molar-refractivity contribution in [3.63, 3.8) is 0 Å². The van der Waals surface area contributed by atoms with Gasteiger partial charge in [0.1, 0.15) is 11.5 Å². The highest BCUT2D eigenvalue weighted by Gasteiger charge is 2.05. The smallest absolute Gasteiger partial charge is 0.221 e. The number of halogens is 2. The SMILES string of the molecule is COc1cccc(Oc2ccc(CNC(=O)CC(C)N)cn2)c1.Cl.Cl. The van der Waals surface area contributed by atoms with Crippen molar-refractivity contribution in [2.24, 2.45) is 5.73 Å². The van der Waals surface area contributed by atoms with Crippen molar-refractivity contribution in [2.75, 3.05) is 7.11 Å². The van der Waals surface area contributed by atoms with Crippen LogP contribution in [0.15, 0.2) is 42.6 Å². The van der Waals surface area contributed by atoms with Gasteiger partial charge in [-0.05, 0) is 24.6 Å². The molecule has 0 aliphatic carbocycles. The zero-order chi connectivity index (χ0) is 16.7. The molecule has 1 amide bonds. The first-order valence-electron chi connectivity index (χ1n) is 7.36. The first-order valence-corrected chi connectivity index (χ1v) is 7.36. The van der Waals surface area contributed by atoms with Gasteiger partial charge < -0.3 is 20.5 Å². The predicted molar refractivity (Wildman–Crippen MR) is 102 cm³/mol. The van der Waals surface area contributed by atoms with Crippen LogP contribution in [0, 0.1) is 0 Å². The molecule has 0 fully saturated rings. The van der Waals surface area contributed by atoms with Gasteiger partial charge in [0, 0.05) is 37.3 Å². The Balaban J connectivity index is 0.00000288. The van der Waals surface area contributed by atoms with Crippen LogP contribution >= 0.6 is 24.8 Å². The van der Waals surface area contributed by atoms with Gasteiger partial charge >= 0.3 is 0 Å². The number of carbonyl (C=O) groups is 1. The summed E-state index contributed by atoms with van der Waals surface area (Å²) in [4.78, 5) is 15.8. The Morgan fingerprint density at radius 2 is 1.96 bits per heavy atom. The number of hydrogen-bond acceptors (Lipinski definition) is 5. The predicted octanol–water partition coefficient (Wildman–Crippen LogP) is 3.08. The molecule has 1 heterocycles. The lowest BCUT2D eigenvalue weighted by atomic mass is 10.2. The molecular formula is C17H23Cl2N3O3. The number of hydrogen-bond donors (Lipinski definition) is 2. The van der Waals surface area contributed by atoms with Gasteiger partial charge in [-0.3, -0.25) is 4.79 Å². The van der Waals surface area contributed by atoms with Crippen molar-refractivity contribution in [3.8, 4) is 17.4 Å². The second kappa shape index (κ2) is 11.5. The van der Waals surface area contributed by atoms with Crippen molar-refractivity contribution in [1.82, 2.24) is 10.3 Å². The van der Waals surface area contributed by atoms with Crippen LogP contribution in [0.25, 0.3) is 0 Å². The van der Waals surface area contributed by atoms with Gasteiger partial charge in [0.2, 0.25) is 11.8 Å². The standard InChI is InChI=1S/C17H21N3O3.2ClH/c1-12(18)8-16(21)19-10-13-6-7-17(20-11-13)23-15-5-3-4-14(9-15)22-2;;/h3-7,9,11-12H,8,10,18H2,1-2H3,(H,19,21);2*1H. The van der Waals surface area contributed by atoms with E-state index in [4.69, 9.17) is 15.2 Å². The summed E-state index contributed by atoms with van der Waals surface area (Å²) in [5.74, 6) is 1.77. The van der Waals surface area contributed by atoms with Crippen LogP contribution in [-0.2, 0) is 11.3 Å². The summed E-state index contributed by atoms with van der Waals surface area (Å²) in [6.07, 6.45) is 1.98. The number of nitrogens with zero attached hydrogens (tertiary/aromatic N) is 1. The number of benzene rings is 1. The average molecular weight is 388 g/mol. The molecule has 0 bridgehead atoms. The summed E-state index contributed by atoms with van der Waals surface area (Å²) in [6, 6.07) is 10.8. The fourth-order valence-electron chi connectivity index (χ4n) is 1.93. The molecule has 25 heavy (non-hydrogen) atoms. The molecule has 3 N–H and O–H groups in total. The lowest BCUT2D eigenvalue weighted by Crippen LogP contribution is -2.29. The van der Waals surface area contributed by atoms with E-state index in [1.165, 1.54) is 0 Å². The van der Waals surface area contributed by atoms with Gasteiger partial charge in [-0.1, -0.05) is 12.1 Å². The Morgan fingerprint density at radius 3 is 2.56 bits per heavy atom. The summed E-state index contributed by atoms with van der Waals surface area (Å²) in [6.45, 7) is 2.21.